The zero-order chi connectivity index (χ0) is 11.3. The van der Waals surface area contributed by atoms with E-state index < -0.39 is 18.2 Å². The first-order valence-electron chi connectivity index (χ1n) is 4.73. The van der Waals surface area contributed by atoms with Gasteiger partial charge >= 0.3 is 5.97 Å². The molecule has 0 bridgehead atoms. The van der Waals surface area contributed by atoms with Gasteiger partial charge in [0.1, 0.15) is 5.75 Å². The van der Waals surface area contributed by atoms with E-state index in [-0.39, 0.29) is 6.42 Å². The van der Waals surface area contributed by atoms with Gasteiger partial charge in [-0.3, -0.25) is 0 Å². The lowest BCUT2D eigenvalue weighted by atomic mass is 10.0. The van der Waals surface area contributed by atoms with Gasteiger partial charge in [-0.15, -0.1) is 0 Å². The molecule has 0 spiro atoms. The summed E-state index contributed by atoms with van der Waals surface area (Å²) in [4.78, 5) is 11.5. The Hall–Kier alpha value is -1.39. The van der Waals surface area contributed by atoms with E-state index in [1.165, 1.54) is 0 Å². The molecule has 0 aliphatic rings. The number of aliphatic hydroxyl groups is 2. The third-order valence-corrected chi connectivity index (χ3v) is 2.18. The van der Waals surface area contributed by atoms with Crippen molar-refractivity contribution < 1.29 is 19.7 Å². The molecule has 1 rings (SSSR count). The number of carbonyl (C=O) groups excluding carboxylic acids is 1. The number of aliphatic hydroxyl groups excluding tert-OH is 1. The van der Waals surface area contributed by atoms with E-state index in [1.54, 1.807) is 37.3 Å². The van der Waals surface area contributed by atoms with Crippen LogP contribution in [0, 0.1) is 0 Å². The first-order valence-corrected chi connectivity index (χ1v) is 4.73. The molecule has 0 heterocycles. The Morgan fingerprint density at radius 3 is 2.47 bits per heavy atom. The van der Waals surface area contributed by atoms with E-state index >= 15 is 0 Å². The maximum Gasteiger partial charge on any atom is 0.345 e. The molecule has 0 fully saturated rings. The van der Waals surface area contributed by atoms with Crippen LogP contribution < -0.4 is 4.74 Å². The summed E-state index contributed by atoms with van der Waals surface area (Å²) in [6.07, 6.45) is 0.106. The van der Waals surface area contributed by atoms with Crippen LogP contribution in [-0.2, 0) is 4.79 Å². The number of esters is 1. The van der Waals surface area contributed by atoms with Crippen LogP contribution in [-0.4, -0.2) is 28.4 Å². The molecule has 0 aromatic heterocycles. The normalized spacial score (nSPS) is 14.3. The van der Waals surface area contributed by atoms with Crippen molar-refractivity contribution in [1.29, 1.82) is 0 Å². The summed E-state index contributed by atoms with van der Waals surface area (Å²) < 4.78 is 4.91. The average Bonchev–Trinajstić information content (AvgIpc) is 2.29. The van der Waals surface area contributed by atoms with E-state index in [4.69, 9.17) is 9.84 Å². The smallest absolute Gasteiger partial charge is 0.345 e. The second-order valence-corrected chi connectivity index (χ2v) is 3.25. The van der Waals surface area contributed by atoms with Gasteiger partial charge in [0.15, 0.2) is 5.60 Å². The predicted molar refractivity (Wildman–Crippen MR) is 54.4 cm³/mol. The summed E-state index contributed by atoms with van der Waals surface area (Å²) in [6.45, 7) is 0.956. The maximum atomic E-state index is 11.5. The van der Waals surface area contributed by atoms with Crippen LogP contribution in [0.1, 0.15) is 13.3 Å². The van der Waals surface area contributed by atoms with Gasteiger partial charge < -0.3 is 14.9 Å². The zero-order valence-corrected chi connectivity index (χ0v) is 8.51. The number of para-hydroxylation sites is 1. The molecule has 0 amide bonds. The van der Waals surface area contributed by atoms with Crippen LogP contribution in [0.25, 0.3) is 0 Å². The van der Waals surface area contributed by atoms with Crippen molar-refractivity contribution in [2.45, 2.75) is 18.9 Å². The van der Waals surface area contributed by atoms with Gasteiger partial charge in [0.25, 0.3) is 0 Å². The fraction of sp³-hybridized carbons (Fsp3) is 0.364. The summed E-state index contributed by atoms with van der Waals surface area (Å²) in [6, 6.07) is 8.42. The largest absolute Gasteiger partial charge is 0.424 e. The number of hydrogen-bond acceptors (Lipinski definition) is 4. The topological polar surface area (TPSA) is 66.8 Å². The minimum Gasteiger partial charge on any atom is -0.424 e. The van der Waals surface area contributed by atoms with Crippen molar-refractivity contribution in [1.82, 2.24) is 0 Å². The molecular formula is C11H14O4. The summed E-state index contributed by atoms with van der Waals surface area (Å²) in [5.41, 5.74) is -1.81. The van der Waals surface area contributed by atoms with Crippen molar-refractivity contribution in [3.63, 3.8) is 0 Å². The Kier molecular flexibility index (Phi) is 3.82. The minimum absolute atomic E-state index is 0.106. The predicted octanol–water partition coefficient (Wildman–Crippen LogP) is 0.725. The average molecular weight is 210 g/mol. The first-order chi connectivity index (χ1) is 7.12. The number of rotatable bonds is 4. The monoisotopic (exact) mass is 210 g/mol. The van der Waals surface area contributed by atoms with E-state index in [1.807, 2.05) is 0 Å². The highest BCUT2D eigenvalue weighted by molar-refractivity contribution is 5.81. The standard InChI is InChI=1S/C11H14O4/c1-2-11(14,8-12)10(13)15-9-6-4-3-5-7-9/h3-7,12,14H,2,8H2,1H3. The third kappa shape index (κ3) is 2.78. The molecule has 1 unspecified atom stereocenters. The second-order valence-electron chi connectivity index (χ2n) is 3.25. The molecular weight excluding hydrogens is 196 g/mol. The Labute approximate surface area is 88.1 Å². The molecule has 4 nitrogen and oxygen atoms in total. The highest BCUT2D eigenvalue weighted by Crippen LogP contribution is 2.15. The van der Waals surface area contributed by atoms with Gasteiger partial charge in [0.2, 0.25) is 0 Å². The van der Waals surface area contributed by atoms with Crippen molar-refractivity contribution >= 4 is 5.97 Å². The van der Waals surface area contributed by atoms with Gasteiger partial charge in [0.05, 0.1) is 6.61 Å². The first kappa shape index (κ1) is 11.7. The molecule has 0 radical (unpaired) electrons. The summed E-state index contributed by atoms with van der Waals surface area (Å²) in [5, 5.41) is 18.5. The van der Waals surface area contributed by atoms with Gasteiger partial charge in [-0.05, 0) is 18.6 Å². The van der Waals surface area contributed by atoms with Crippen molar-refractivity contribution in [3.05, 3.63) is 30.3 Å². The van der Waals surface area contributed by atoms with Crippen LogP contribution in [0.4, 0.5) is 0 Å². The fourth-order valence-electron chi connectivity index (χ4n) is 1.01. The molecule has 1 aromatic carbocycles. The highest BCUT2D eigenvalue weighted by Gasteiger charge is 2.35. The number of ether oxygens (including phenoxy) is 1. The van der Waals surface area contributed by atoms with Crippen LogP contribution in [0.15, 0.2) is 30.3 Å². The van der Waals surface area contributed by atoms with Gasteiger partial charge in [-0.1, -0.05) is 25.1 Å². The van der Waals surface area contributed by atoms with Crippen molar-refractivity contribution in [2.75, 3.05) is 6.61 Å². The SMILES string of the molecule is CCC(O)(CO)C(=O)Oc1ccccc1. The Balaban J connectivity index is 2.71. The van der Waals surface area contributed by atoms with Crippen LogP contribution in [0.2, 0.25) is 0 Å². The van der Waals surface area contributed by atoms with E-state index in [9.17, 15) is 9.90 Å². The van der Waals surface area contributed by atoms with Crippen LogP contribution >= 0.6 is 0 Å². The quantitative estimate of drug-likeness (QED) is 0.567. The Morgan fingerprint density at radius 2 is 2.00 bits per heavy atom. The maximum absolute atomic E-state index is 11.5. The second kappa shape index (κ2) is 4.91. The van der Waals surface area contributed by atoms with Crippen LogP contribution in [0.3, 0.4) is 0 Å². The van der Waals surface area contributed by atoms with Crippen molar-refractivity contribution in [3.8, 4) is 5.75 Å². The molecule has 0 aliphatic carbocycles. The molecule has 82 valence electrons. The van der Waals surface area contributed by atoms with Crippen LogP contribution in [0.5, 0.6) is 5.75 Å². The molecule has 1 aromatic rings. The lowest BCUT2D eigenvalue weighted by Gasteiger charge is -2.21. The van der Waals surface area contributed by atoms with Gasteiger partial charge in [-0.2, -0.15) is 0 Å². The molecule has 0 saturated heterocycles. The van der Waals surface area contributed by atoms with Crippen molar-refractivity contribution in [2.24, 2.45) is 0 Å². The third-order valence-electron chi connectivity index (χ3n) is 2.18. The number of benzene rings is 1. The minimum atomic E-state index is -1.81. The molecule has 1 atom stereocenters. The zero-order valence-electron chi connectivity index (χ0n) is 8.51. The molecule has 4 heteroatoms. The van der Waals surface area contributed by atoms with Gasteiger partial charge in [0, 0.05) is 0 Å². The summed E-state index contributed by atoms with van der Waals surface area (Å²) in [7, 11) is 0. The van der Waals surface area contributed by atoms with Gasteiger partial charge in [-0.25, -0.2) is 4.79 Å². The molecule has 0 saturated carbocycles. The number of carbonyl (C=O) groups is 1. The fourth-order valence-corrected chi connectivity index (χ4v) is 1.01. The molecule has 2 N–H and O–H groups in total. The lowest BCUT2D eigenvalue weighted by Crippen LogP contribution is -2.44. The van der Waals surface area contributed by atoms with E-state index in [2.05, 4.69) is 0 Å². The highest BCUT2D eigenvalue weighted by atomic mass is 16.6. The summed E-state index contributed by atoms with van der Waals surface area (Å²) >= 11 is 0. The summed E-state index contributed by atoms with van der Waals surface area (Å²) in [5.74, 6) is -0.485. The molecule has 0 aliphatic heterocycles. The van der Waals surface area contributed by atoms with E-state index in [0.29, 0.717) is 5.75 Å². The lowest BCUT2D eigenvalue weighted by molar-refractivity contribution is -0.159. The molecule has 15 heavy (non-hydrogen) atoms. The Bertz CT molecular complexity index is 317. The number of hydrogen-bond donors (Lipinski definition) is 2. The Morgan fingerprint density at radius 1 is 1.40 bits per heavy atom. The van der Waals surface area contributed by atoms with E-state index in [0.717, 1.165) is 0 Å².